The summed E-state index contributed by atoms with van der Waals surface area (Å²) in [6.07, 6.45) is 6.08. The summed E-state index contributed by atoms with van der Waals surface area (Å²) < 4.78 is 0. The van der Waals surface area contributed by atoms with Gasteiger partial charge in [0.25, 0.3) is 0 Å². The highest BCUT2D eigenvalue weighted by atomic mass is 35.5. The van der Waals surface area contributed by atoms with Crippen molar-refractivity contribution in [2.75, 3.05) is 26.2 Å². The molecule has 1 amide bonds. The zero-order valence-electron chi connectivity index (χ0n) is 15.2. The fraction of sp³-hybridized carbons (Fsp3) is 0.650. The Hall–Kier alpha value is -1.10. The first kappa shape index (κ1) is 20.2. The van der Waals surface area contributed by atoms with Gasteiger partial charge in [-0.3, -0.25) is 9.69 Å². The molecule has 3 rings (SSSR count). The summed E-state index contributed by atoms with van der Waals surface area (Å²) in [7, 11) is 0. The van der Waals surface area contributed by atoms with Crippen molar-refractivity contribution in [3.05, 3.63) is 35.9 Å². The fourth-order valence-corrected chi connectivity index (χ4v) is 4.27. The van der Waals surface area contributed by atoms with Crippen LogP contribution in [0.2, 0.25) is 0 Å². The van der Waals surface area contributed by atoms with E-state index in [-0.39, 0.29) is 29.8 Å². The number of carbonyl (C=O) groups is 1. The van der Waals surface area contributed by atoms with Crippen LogP contribution in [0.25, 0.3) is 0 Å². The van der Waals surface area contributed by atoms with Gasteiger partial charge in [0.15, 0.2) is 0 Å². The van der Waals surface area contributed by atoms with Crippen molar-refractivity contribution >= 4 is 18.3 Å². The molecule has 1 aromatic carbocycles. The smallest absolute Gasteiger partial charge is 0.234 e. The first-order valence-corrected chi connectivity index (χ1v) is 9.36. The van der Waals surface area contributed by atoms with Gasteiger partial charge < -0.3 is 11.1 Å². The number of rotatable bonds is 6. The van der Waals surface area contributed by atoms with Crippen molar-refractivity contribution in [1.82, 2.24) is 10.2 Å². The van der Waals surface area contributed by atoms with Gasteiger partial charge in [-0.15, -0.1) is 12.4 Å². The van der Waals surface area contributed by atoms with E-state index in [2.05, 4.69) is 41.4 Å². The van der Waals surface area contributed by atoms with Gasteiger partial charge in [-0.05, 0) is 49.2 Å². The quantitative estimate of drug-likeness (QED) is 0.814. The Kier molecular flexibility index (Phi) is 7.29. The molecule has 0 aromatic heterocycles. The molecule has 1 aromatic rings. The van der Waals surface area contributed by atoms with Crippen LogP contribution in [0.3, 0.4) is 0 Å². The number of likely N-dealkylation sites (tertiary alicyclic amines) is 1. The molecule has 1 saturated heterocycles. The van der Waals surface area contributed by atoms with Gasteiger partial charge >= 0.3 is 0 Å². The molecule has 3 N–H and O–H groups in total. The maximum Gasteiger partial charge on any atom is 0.234 e. The first-order valence-electron chi connectivity index (χ1n) is 9.36. The van der Waals surface area contributed by atoms with Gasteiger partial charge in [0.1, 0.15) is 0 Å². The fourth-order valence-electron chi connectivity index (χ4n) is 4.27. The third kappa shape index (κ3) is 5.19. The van der Waals surface area contributed by atoms with Crippen LogP contribution < -0.4 is 11.1 Å². The molecule has 1 aliphatic carbocycles. The monoisotopic (exact) mass is 365 g/mol. The lowest BCUT2D eigenvalue weighted by molar-refractivity contribution is -0.123. The molecule has 1 heterocycles. The number of amides is 1. The molecule has 140 valence electrons. The van der Waals surface area contributed by atoms with Crippen molar-refractivity contribution in [1.29, 1.82) is 0 Å². The highest BCUT2D eigenvalue weighted by molar-refractivity contribution is 5.85. The number of benzene rings is 1. The second kappa shape index (κ2) is 9.02. The van der Waals surface area contributed by atoms with E-state index in [0.717, 1.165) is 19.5 Å². The minimum atomic E-state index is 0. The lowest BCUT2D eigenvalue weighted by Crippen LogP contribution is -2.41. The van der Waals surface area contributed by atoms with E-state index in [9.17, 15) is 4.79 Å². The van der Waals surface area contributed by atoms with E-state index in [1.165, 1.54) is 31.2 Å². The number of nitrogens with zero attached hydrogens (tertiary/aromatic N) is 1. The van der Waals surface area contributed by atoms with Crippen molar-refractivity contribution < 1.29 is 4.79 Å². The van der Waals surface area contributed by atoms with Crippen molar-refractivity contribution in [3.63, 3.8) is 0 Å². The van der Waals surface area contributed by atoms with E-state index < -0.39 is 0 Å². The lowest BCUT2D eigenvalue weighted by atomic mass is 9.90. The largest absolute Gasteiger partial charge is 0.348 e. The standard InChI is InChI=1S/C20H31N3O.ClH/c1-20(14-21)11-12-23(15-20)13-18(24)22-19(17-9-5-6-10-17)16-7-3-2-4-8-16;/h2-4,7-8,17,19H,5-6,9-15,21H2,1H3,(H,22,24);1H. The Morgan fingerprint density at radius 2 is 2.00 bits per heavy atom. The number of nitrogens with one attached hydrogen (secondary N) is 1. The summed E-state index contributed by atoms with van der Waals surface area (Å²) in [6.45, 7) is 5.30. The number of hydrogen-bond donors (Lipinski definition) is 2. The van der Waals surface area contributed by atoms with E-state index in [1.54, 1.807) is 0 Å². The SMILES string of the molecule is CC1(CN)CCN(CC(=O)NC(c2ccccc2)C2CCCC2)C1.Cl. The molecule has 0 radical (unpaired) electrons. The molecule has 2 aliphatic rings. The maximum absolute atomic E-state index is 12.7. The normalized spacial score (nSPS) is 25.5. The Morgan fingerprint density at radius 3 is 2.60 bits per heavy atom. The summed E-state index contributed by atoms with van der Waals surface area (Å²) >= 11 is 0. The topological polar surface area (TPSA) is 58.4 Å². The summed E-state index contributed by atoms with van der Waals surface area (Å²) in [6, 6.07) is 10.6. The van der Waals surface area contributed by atoms with Crippen LogP contribution >= 0.6 is 12.4 Å². The number of carbonyl (C=O) groups excluding carboxylic acids is 1. The van der Waals surface area contributed by atoms with Gasteiger partial charge in [-0.1, -0.05) is 50.1 Å². The second-order valence-electron chi connectivity index (χ2n) is 7.98. The molecule has 1 saturated carbocycles. The summed E-state index contributed by atoms with van der Waals surface area (Å²) in [5.41, 5.74) is 7.29. The molecule has 1 aliphatic heterocycles. The molecular weight excluding hydrogens is 334 g/mol. The number of halogens is 1. The Balaban J connectivity index is 0.00000225. The van der Waals surface area contributed by atoms with Crippen LogP contribution in [-0.2, 0) is 4.79 Å². The van der Waals surface area contributed by atoms with Gasteiger partial charge in [0, 0.05) is 6.54 Å². The number of hydrogen-bond acceptors (Lipinski definition) is 3. The second-order valence-corrected chi connectivity index (χ2v) is 7.98. The minimum Gasteiger partial charge on any atom is -0.348 e. The van der Waals surface area contributed by atoms with Crippen LogP contribution in [-0.4, -0.2) is 37.0 Å². The van der Waals surface area contributed by atoms with E-state index in [1.807, 2.05) is 6.07 Å². The lowest BCUT2D eigenvalue weighted by Gasteiger charge is -2.27. The molecule has 2 unspecified atom stereocenters. The molecule has 2 fully saturated rings. The Bertz CT molecular complexity index is 547. The van der Waals surface area contributed by atoms with E-state index in [4.69, 9.17) is 5.73 Å². The molecular formula is C20H32ClN3O. The third-order valence-electron chi connectivity index (χ3n) is 5.84. The van der Waals surface area contributed by atoms with Gasteiger partial charge in [0.2, 0.25) is 5.91 Å². The molecule has 2 atom stereocenters. The van der Waals surface area contributed by atoms with Crippen LogP contribution in [0.4, 0.5) is 0 Å². The highest BCUT2D eigenvalue weighted by Crippen LogP contribution is 2.35. The Morgan fingerprint density at radius 1 is 1.32 bits per heavy atom. The average molecular weight is 366 g/mol. The molecule has 5 heteroatoms. The Labute approximate surface area is 157 Å². The minimum absolute atomic E-state index is 0. The molecule has 0 bridgehead atoms. The van der Waals surface area contributed by atoms with Gasteiger partial charge in [-0.25, -0.2) is 0 Å². The van der Waals surface area contributed by atoms with Crippen LogP contribution in [0, 0.1) is 11.3 Å². The highest BCUT2D eigenvalue weighted by Gasteiger charge is 2.34. The predicted octanol–water partition coefficient (Wildman–Crippen LogP) is 3.13. The first-order chi connectivity index (χ1) is 11.6. The van der Waals surface area contributed by atoms with Crippen molar-refractivity contribution in [2.24, 2.45) is 17.1 Å². The zero-order valence-corrected chi connectivity index (χ0v) is 16.1. The summed E-state index contributed by atoms with van der Waals surface area (Å²) in [5, 5.41) is 3.34. The zero-order chi connectivity index (χ0) is 17.0. The van der Waals surface area contributed by atoms with Crippen LogP contribution in [0.1, 0.15) is 50.6 Å². The molecule has 25 heavy (non-hydrogen) atoms. The van der Waals surface area contributed by atoms with Gasteiger partial charge in [-0.2, -0.15) is 0 Å². The summed E-state index contributed by atoms with van der Waals surface area (Å²) in [4.78, 5) is 14.9. The van der Waals surface area contributed by atoms with E-state index >= 15 is 0 Å². The van der Waals surface area contributed by atoms with Crippen LogP contribution in [0.15, 0.2) is 30.3 Å². The van der Waals surface area contributed by atoms with E-state index in [0.29, 0.717) is 19.0 Å². The van der Waals surface area contributed by atoms with Gasteiger partial charge in [0.05, 0.1) is 12.6 Å². The molecule has 4 nitrogen and oxygen atoms in total. The van der Waals surface area contributed by atoms with Crippen molar-refractivity contribution in [3.8, 4) is 0 Å². The number of nitrogens with two attached hydrogens (primary N) is 1. The molecule has 0 spiro atoms. The summed E-state index contributed by atoms with van der Waals surface area (Å²) in [5.74, 6) is 0.723. The maximum atomic E-state index is 12.7. The average Bonchev–Trinajstić information content (AvgIpc) is 3.24. The van der Waals surface area contributed by atoms with Crippen molar-refractivity contribution in [2.45, 2.75) is 45.1 Å². The van der Waals surface area contributed by atoms with Crippen LogP contribution in [0.5, 0.6) is 0 Å². The predicted molar refractivity (Wildman–Crippen MR) is 105 cm³/mol. The third-order valence-corrected chi connectivity index (χ3v) is 5.84.